The number of hydrogen-bond acceptors (Lipinski definition) is 5. The molecule has 0 saturated carbocycles. The van der Waals surface area contributed by atoms with Crippen LogP contribution in [0.1, 0.15) is 22.5 Å². The normalized spacial score (nSPS) is 19.9. The van der Waals surface area contributed by atoms with Crippen molar-refractivity contribution in [3.05, 3.63) is 48.0 Å². The van der Waals surface area contributed by atoms with Gasteiger partial charge in [-0.3, -0.25) is 9.78 Å². The van der Waals surface area contributed by atoms with E-state index in [1.165, 1.54) is 6.20 Å². The van der Waals surface area contributed by atoms with Crippen molar-refractivity contribution >= 4 is 5.91 Å². The number of likely N-dealkylation sites (tertiary alicyclic amines) is 1. The average Bonchev–Trinajstić information content (AvgIpc) is 3.27. The predicted octanol–water partition coefficient (Wildman–Crippen LogP) is 1.59. The number of H-pyrrole nitrogens is 1. The summed E-state index contributed by atoms with van der Waals surface area (Å²) < 4.78 is 11.2. The molecule has 2 atom stereocenters. The van der Waals surface area contributed by atoms with Crippen LogP contribution in [0.2, 0.25) is 0 Å². The molecule has 1 aliphatic heterocycles. The number of carbonyl (C=O) groups is 1. The highest BCUT2D eigenvalue weighted by Crippen LogP contribution is 2.23. The first-order chi connectivity index (χ1) is 11.7. The summed E-state index contributed by atoms with van der Waals surface area (Å²) in [6.45, 7) is 0.862. The van der Waals surface area contributed by atoms with Crippen LogP contribution in [0.5, 0.6) is 5.75 Å². The van der Waals surface area contributed by atoms with Crippen molar-refractivity contribution in [2.75, 3.05) is 20.3 Å². The van der Waals surface area contributed by atoms with Crippen LogP contribution in [0.3, 0.4) is 0 Å². The minimum Gasteiger partial charge on any atom is -0.490 e. The summed E-state index contributed by atoms with van der Waals surface area (Å²) >= 11 is 0. The zero-order valence-corrected chi connectivity index (χ0v) is 13.3. The smallest absolute Gasteiger partial charge is 0.270 e. The number of aromatic amines is 1. The number of nitrogens with one attached hydrogen (secondary N) is 1. The molecule has 2 aromatic heterocycles. The molecule has 0 aliphatic carbocycles. The van der Waals surface area contributed by atoms with Crippen molar-refractivity contribution in [2.24, 2.45) is 0 Å². The Morgan fingerprint density at radius 3 is 3.12 bits per heavy atom. The highest BCUT2D eigenvalue weighted by Gasteiger charge is 2.36. The second kappa shape index (κ2) is 7.15. The van der Waals surface area contributed by atoms with Crippen molar-refractivity contribution in [1.82, 2.24) is 14.9 Å². The van der Waals surface area contributed by atoms with Crippen molar-refractivity contribution in [2.45, 2.75) is 18.6 Å². The van der Waals surface area contributed by atoms with Crippen LogP contribution in [-0.2, 0) is 4.74 Å². The maximum absolute atomic E-state index is 12.7. The van der Waals surface area contributed by atoms with Gasteiger partial charge in [0.15, 0.2) is 0 Å². The predicted molar refractivity (Wildman–Crippen MR) is 85.5 cm³/mol. The quantitative estimate of drug-likeness (QED) is 0.901. The topological polar surface area (TPSA) is 91.2 Å². The van der Waals surface area contributed by atoms with E-state index < -0.39 is 0 Å². The van der Waals surface area contributed by atoms with Crippen LogP contribution < -0.4 is 4.74 Å². The second-order valence-electron chi connectivity index (χ2n) is 5.62. The molecule has 1 amide bonds. The second-order valence-corrected chi connectivity index (χ2v) is 5.62. The van der Waals surface area contributed by atoms with Gasteiger partial charge < -0.3 is 19.4 Å². The molecule has 1 fully saturated rings. The molecule has 3 rings (SSSR count). The molecule has 0 radical (unpaired) electrons. The number of aromatic nitrogens is 2. The van der Waals surface area contributed by atoms with Crippen LogP contribution in [0.15, 0.2) is 36.8 Å². The Balaban J connectivity index is 1.71. The standard InChI is InChI=1S/C17H18N4O3/c1-23-15-6-13(11-24-14-3-2-4-19-9-14)21(10-15)17(22)16-5-12(7-18)8-20-16/h2-5,8-9,13,15,20H,6,10-11H2,1H3/t13-,15+/m0/s1. The van der Waals surface area contributed by atoms with Crippen molar-refractivity contribution < 1.29 is 14.3 Å². The van der Waals surface area contributed by atoms with Gasteiger partial charge in [-0.25, -0.2) is 0 Å². The number of pyridine rings is 1. The Labute approximate surface area is 139 Å². The van der Waals surface area contributed by atoms with Gasteiger partial charge in [0.2, 0.25) is 0 Å². The first-order valence-corrected chi connectivity index (χ1v) is 7.66. The first-order valence-electron chi connectivity index (χ1n) is 7.66. The van der Waals surface area contributed by atoms with E-state index in [1.807, 2.05) is 12.1 Å². The number of nitriles is 1. The molecule has 3 heterocycles. The van der Waals surface area contributed by atoms with Gasteiger partial charge in [-0.15, -0.1) is 0 Å². The number of rotatable bonds is 5. The molecule has 0 bridgehead atoms. The lowest BCUT2D eigenvalue weighted by Crippen LogP contribution is -2.39. The van der Waals surface area contributed by atoms with Gasteiger partial charge in [-0.2, -0.15) is 5.26 Å². The van der Waals surface area contributed by atoms with Crippen molar-refractivity contribution in [1.29, 1.82) is 5.26 Å². The maximum Gasteiger partial charge on any atom is 0.270 e. The molecule has 24 heavy (non-hydrogen) atoms. The first kappa shape index (κ1) is 16.0. The highest BCUT2D eigenvalue weighted by molar-refractivity contribution is 5.93. The fraction of sp³-hybridized carbons (Fsp3) is 0.353. The molecule has 2 aromatic rings. The molecular formula is C17H18N4O3. The van der Waals surface area contributed by atoms with E-state index in [-0.39, 0.29) is 18.1 Å². The number of methoxy groups -OCH3 is 1. The van der Waals surface area contributed by atoms with E-state index in [0.717, 1.165) is 0 Å². The summed E-state index contributed by atoms with van der Waals surface area (Å²) in [4.78, 5) is 21.3. The number of ether oxygens (including phenoxy) is 2. The van der Waals surface area contributed by atoms with E-state index >= 15 is 0 Å². The minimum absolute atomic E-state index is 0.0261. The zero-order chi connectivity index (χ0) is 16.9. The number of amides is 1. The summed E-state index contributed by atoms with van der Waals surface area (Å²) in [5.41, 5.74) is 0.832. The Kier molecular flexibility index (Phi) is 4.77. The monoisotopic (exact) mass is 326 g/mol. The summed E-state index contributed by atoms with van der Waals surface area (Å²) in [6.07, 6.45) is 5.52. The van der Waals surface area contributed by atoms with Crippen LogP contribution in [0.4, 0.5) is 0 Å². The van der Waals surface area contributed by atoms with Crippen LogP contribution >= 0.6 is 0 Å². The maximum atomic E-state index is 12.7. The molecule has 1 aliphatic rings. The largest absolute Gasteiger partial charge is 0.490 e. The van der Waals surface area contributed by atoms with Crippen molar-refractivity contribution in [3.63, 3.8) is 0 Å². The molecule has 1 N–H and O–H groups in total. The summed E-state index contributed by atoms with van der Waals surface area (Å²) in [6, 6.07) is 7.09. The van der Waals surface area contributed by atoms with Crippen molar-refractivity contribution in [3.8, 4) is 11.8 Å². The van der Waals surface area contributed by atoms with E-state index in [1.54, 1.807) is 36.5 Å². The van der Waals surface area contributed by atoms with Gasteiger partial charge in [-0.05, 0) is 24.6 Å². The minimum atomic E-state index is -0.157. The van der Waals surface area contributed by atoms with E-state index in [2.05, 4.69) is 9.97 Å². The number of hydrogen-bond donors (Lipinski definition) is 1. The lowest BCUT2D eigenvalue weighted by molar-refractivity contribution is 0.0653. The average molecular weight is 326 g/mol. The molecule has 124 valence electrons. The molecule has 0 unspecified atom stereocenters. The van der Waals surface area contributed by atoms with E-state index in [4.69, 9.17) is 14.7 Å². The van der Waals surface area contributed by atoms with Gasteiger partial charge in [0.1, 0.15) is 24.1 Å². The van der Waals surface area contributed by atoms with E-state index in [0.29, 0.717) is 36.6 Å². The number of nitrogens with zero attached hydrogens (tertiary/aromatic N) is 3. The third-order valence-electron chi connectivity index (χ3n) is 4.09. The summed E-state index contributed by atoms with van der Waals surface area (Å²) in [7, 11) is 1.64. The fourth-order valence-corrected chi connectivity index (χ4v) is 2.81. The van der Waals surface area contributed by atoms with Gasteiger partial charge in [-0.1, -0.05) is 0 Å². The summed E-state index contributed by atoms with van der Waals surface area (Å²) in [5.74, 6) is 0.508. The Hall–Kier alpha value is -2.85. The lowest BCUT2D eigenvalue weighted by atomic mass is 10.2. The Morgan fingerprint density at radius 1 is 1.58 bits per heavy atom. The van der Waals surface area contributed by atoms with Crippen LogP contribution in [0.25, 0.3) is 0 Å². The van der Waals surface area contributed by atoms with Crippen LogP contribution in [-0.4, -0.2) is 53.2 Å². The molecule has 7 heteroatoms. The number of carbonyl (C=O) groups excluding carboxylic acids is 1. The molecule has 1 saturated heterocycles. The third-order valence-corrected chi connectivity index (χ3v) is 4.09. The van der Waals surface area contributed by atoms with Gasteiger partial charge >= 0.3 is 0 Å². The van der Waals surface area contributed by atoms with Gasteiger partial charge in [0.25, 0.3) is 5.91 Å². The molecule has 0 spiro atoms. The SMILES string of the molecule is CO[C@@H]1C[C@@H](COc2cccnc2)N(C(=O)c2cc(C#N)c[nH]2)C1. The van der Waals surface area contributed by atoms with E-state index in [9.17, 15) is 4.79 Å². The lowest BCUT2D eigenvalue weighted by Gasteiger charge is -2.24. The van der Waals surface area contributed by atoms with Gasteiger partial charge in [0, 0.05) is 26.0 Å². The summed E-state index contributed by atoms with van der Waals surface area (Å²) in [5, 5.41) is 8.90. The molecule has 0 aromatic carbocycles. The zero-order valence-electron chi connectivity index (χ0n) is 13.3. The third kappa shape index (κ3) is 3.39. The molecular weight excluding hydrogens is 308 g/mol. The Bertz CT molecular complexity index is 738. The fourth-order valence-electron chi connectivity index (χ4n) is 2.81. The Morgan fingerprint density at radius 2 is 2.46 bits per heavy atom. The van der Waals surface area contributed by atoms with Crippen LogP contribution in [0, 0.1) is 11.3 Å². The van der Waals surface area contributed by atoms with Gasteiger partial charge in [0.05, 0.1) is 23.9 Å². The molecule has 7 nitrogen and oxygen atoms in total. The highest BCUT2D eigenvalue weighted by atomic mass is 16.5.